The smallest absolute Gasteiger partial charge is 0.168 e. The Kier molecular flexibility index (Phi) is 6.42. The second kappa shape index (κ2) is 8.81. The molecule has 0 atom stereocenters. The maximum absolute atomic E-state index is 5.17. The fourth-order valence-corrected chi connectivity index (χ4v) is 6.64. The molecule has 1 N–H and O–H groups in total. The number of fused-ring (bicyclic) bond motifs is 1. The molecule has 150 valence electrons. The van der Waals surface area contributed by atoms with Gasteiger partial charge in [-0.3, -0.25) is 9.98 Å². The van der Waals surface area contributed by atoms with Crippen LogP contribution in [-0.4, -0.2) is 45.2 Å². The van der Waals surface area contributed by atoms with Gasteiger partial charge < -0.3 is 10.2 Å². The lowest BCUT2D eigenvalue weighted by molar-refractivity contribution is 0.411. The Hall–Kier alpha value is -0.620. The number of amidine groups is 2. The lowest BCUT2D eigenvalue weighted by Gasteiger charge is -2.26. The number of hydrogen-bond donors (Lipinski definition) is 1. The largest absolute Gasteiger partial charge is 0.362 e. The Balaban J connectivity index is 1.36. The highest BCUT2D eigenvalue weighted by atomic mass is 32.2. The van der Waals surface area contributed by atoms with Crippen molar-refractivity contribution in [3.63, 3.8) is 0 Å². The summed E-state index contributed by atoms with van der Waals surface area (Å²) in [6.45, 7) is 5.43. The standard InChI is InChI=1S/C21H34N4S2/c1-21(2)15-25-13-18(27-20(25)24-21)14-26-19(22-16-9-5-3-6-10-16)23-17-11-7-4-8-12-17/h13,16-17H,3-12,14-15H2,1-2H3,(H,22,23). The van der Waals surface area contributed by atoms with Crippen molar-refractivity contribution < 1.29 is 0 Å². The fourth-order valence-electron chi connectivity index (χ4n) is 4.46. The van der Waals surface area contributed by atoms with Crippen LogP contribution in [0.25, 0.3) is 0 Å². The predicted octanol–water partition coefficient (Wildman–Crippen LogP) is 5.37. The summed E-state index contributed by atoms with van der Waals surface area (Å²) in [5, 5.41) is 6.20. The van der Waals surface area contributed by atoms with Gasteiger partial charge in [-0.15, -0.1) is 0 Å². The molecule has 0 aromatic heterocycles. The molecule has 0 spiro atoms. The highest BCUT2D eigenvalue weighted by Crippen LogP contribution is 2.37. The highest BCUT2D eigenvalue weighted by molar-refractivity contribution is 8.19. The van der Waals surface area contributed by atoms with E-state index in [1.165, 1.54) is 79.4 Å². The maximum atomic E-state index is 5.17. The first-order valence-corrected chi connectivity index (χ1v) is 12.6. The minimum absolute atomic E-state index is 0.0631. The van der Waals surface area contributed by atoms with Crippen LogP contribution >= 0.6 is 23.5 Å². The molecule has 0 bridgehead atoms. The zero-order valence-corrected chi connectivity index (χ0v) is 18.5. The monoisotopic (exact) mass is 406 g/mol. The van der Waals surface area contributed by atoms with Crippen molar-refractivity contribution >= 4 is 33.9 Å². The molecule has 0 unspecified atom stereocenters. The number of nitrogens with one attached hydrogen (secondary N) is 1. The first-order valence-electron chi connectivity index (χ1n) is 10.8. The fraction of sp³-hybridized carbons (Fsp3) is 0.810. The highest BCUT2D eigenvalue weighted by Gasteiger charge is 2.34. The minimum atomic E-state index is 0.0631. The lowest BCUT2D eigenvalue weighted by atomic mass is 9.95. The van der Waals surface area contributed by atoms with Crippen molar-refractivity contribution in [2.75, 3.05) is 12.3 Å². The number of nitrogens with zero attached hydrogens (tertiary/aromatic N) is 3. The predicted molar refractivity (Wildman–Crippen MR) is 121 cm³/mol. The minimum Gasteiger partial charge on any atom is -0.362 e. The van der Waals surface area contributed by atoms with Gasteiger partial charge in [0, 0.05) is 29.4 Å². The van der Waals surface area contributed by atoms with Gasteiger partial charge in [0.15, 0.2) is 10.3 Å². The summed E-state index contributed by atoms with van der Waals surface area (Å²) in [7, 11) is 0. The number of hydrogen-bond acceptors (Lipinski definition) is 5. The van der Waals surface area contributed by atoms with E-state index < -0.39 is 0 Å². The van der Waals surface area contributed by atoms with Crippen molar-refractivity contribution in [1.29, 1.82) is 0 Å². The molecule has 4 rings (SSSR count). The van der Waals surface area contributed by atoms with Crippen LogP contribution in [0.15, 0.2) is 21.1 Å². The SMILES string of the molecule is CC1(C)CN2C=C(CSC(=NC3CCCCC3)NC3CCCCC3)SC2=N1. The summed E-state index contributed by atoms with van der Waals surface area (Å²) in [6, 6.07) is 1.17. The average Bonchev–Trinajstić information content (AvgIpc) is 3.14. The molecule has 27 heavy (non-hydrogen) atoms. The third-order valence-corrected chi connectivity index (χ3v) is 8.04. The average molecular weight is 407 g/mol. The summed E-state index contributed by atoms with van der Waals surface area (Å²) in [6.07, 6.45) is 15.7. The molecule has 0 saturated heterocycles. The molecule has 2 saturated carbocycles. The van der Waals surface area contributed by atoms with Crippen LogP contribution in [0.1, 0.15) is 78.1 Å². The molecule has 6 heteroatoms. The van der Waals surface area contributed by atoms with Crippen LogP contribution in [0.2, 0.25) is 0 Å². The molecule has 0 amide bonds. The second-order valence-electron chi connectivity index (χ2n) is 9.03. The first kappa shape index (κ1) is 19.7. The van der Waals surface area contributed by atoms with Gasteiger partial charge >= 0.3 is 0 Å². The quantitative estimate of drug-likeness (QED) is 0.503. The van der Waals surface area contributed by atoms with Crippen LogP contribution < -0.4 is 5.32 Å². The van der Waals surface area contributed by atoms with E-state index in [4.69, 9.17) is 9.98 Å². The zero-order chi connectivity index (χ0) is 18.7. The second-order valence-corrected chi connectivity index (χ2v) is 11.1. The molecular formula is C21H34N4S2. The van der Waals surface area contributed by atoms with Crippen LogP contribution in [0, 0.1) is 0 Å². The lowest BCUT2D eigenvalue weighted by Crippen LogP contribution is -2.35. The van der Waals surface area contributed by atoms with Crippen molar-refractivity contribution in [2.45, 2.75) is 95.7 Å². The molecular weight excluding hydrogens is 372 g/mol. The first-order chi connectivity index (χ1) is 13.1. The molecule has 4 aliphatic rings. The van der Waals surface area contributed by atoms with Crippen molar-refractivity contribution in [2.24, 2.45) is 9.98 Å². The third-order valence-electron chi connectivity index (χ3n) is 5.88. The topological polar surface area (TPSA) is 40.0 Å². The van der Waals surface area contributed by atoms with Gasteiger partial charge in [-0.2, -0.15) is 0 Å². The number of thioether (sulfide) groups is 2. The Morgan fingerprint density at radius 3 is 2.59 bits per heavy atom. The molecule has 2 aliphatic heterocycles. The summed E-state index contributed by atoms with van der Waals surface area (Å²) in [5.74, 6) is 1.01. The van der Waals surface area contributed by atoms with Gasteiger partial charge in [0.25, 0.3) is 0 Å². The summed E-state index contributed by atoms with van der Waals surface area (Å²) in [4.78, 5) is 13.8. The van der Waals surface area contributed by atoms with Gasteiger partial charge in [-0.1, -0.05) is 62.0 Å². The molecule has 2 heterocycles. The van der Waals surface area contributed by atoms with E-state index in [-0.39, 0.29) is 5.54 Å². The maximum Gasteiger partial charge on any atom is 0.168 e. The van der Waals surface area contributed by atoms with Crippen LogP contribution in [0.5, 0.6) is 0 Å². The van der Waals surface area contributed by atoms with E-state index in [1.54, 1.807) is 0 Å². The summed E-state index contributed by atoms with van der Waals surface area (Å²) < 4.78 is 0. The Morgan fingerprint density at radius 1 is 1.19 bits per heavy atom. The third kappa shape index (κ3) is 5.47. The Bertz CT molecular complexity index is 614. The molecule has 2 fully saturated rings. The van der Waals surface area contributed by atoms with E-state index in [9.17, 15) is 0 Å². The van der Waals surface area contributed by atoms with Crippen LogP contribution in [0.3, 0.4) is 0 Å². The van der Waals surface area contributed by atoms with Gasteiger partial charge in [-0.05, 0) is 39.5 Å². The zero-order valence-electron chi connectivity index (χ0n) is 16.9. The van der Waals surface area contributed by atoms with Crippen molar-refractivity contribution in [1.82, 2.24) is 10.2 Å². The summed E-state index contributed by atoms with van der Waals surface area (Å²) in [5.41, 5.74) is 0.0631. The van der Waals surface area contributed by atoms with E-state index in [1.807, 2.05) is 23.5 Å². The molecule has 0 aromatic carbocycles. The number of aliphatic imine (C=N–C) groups is 2. The Morgan fingerprint density at radius 2 is 1.89 bits per heavy atom. The van der Waals surface area contributed by atoms with Crippen LogP contribution in [0.4, 0.5) is 0 Å². The van der Waals surface area contributed by atoms with Crippen molar-refractivity contribution in [3.8, 4) is 0 Å². The summed E-state index contributed by atoms with van der Waals surface area (Å²) >= 11 is 3.76. The van der Waals surface area contributed by atoms with E-state index in [2.05, 4.69) is 30.3 Å². The van der Waals surface area contributed by atoms with Crippen LogP contribution in [-0.2, 0) is 0 Å². The van der Waals surface area contributed by atoms with E-state index in [0.29, 0.717) is 12.1 Å². The molecule has 0 radical (unpaired) electrons. The van der Waals surface area contributed by atoms with E-state index >= 15 is 0 Å². The molecule has 4 nitrogen and oxygen atoms in total. The van der Waals surface area contributed by atoms with Gasteiger partial charge in [0.05, 0.1) is 11.6 Å². The normalized spacial score (nSPS) is 26.7. The van der Waals surface area contributed by atoms with Gasteiger partial charge in [0.1, 0.15) is 0 Å². The molecule has 0 aromatic rings. The molecule has 2 aliphatic carbocycles. The van der Waals surface area contributed by atoms with Gasteiger partial charge in [-0.25, -0.2) is 0 Å². The van der Waals surface area contributed by atoms with Gasteiger partial charge in [0.2, 0.25) is 0 Å². The van der Waals surface area contributed by atoms with E-state index in [0.717, 1.165) is 12.3 Å². The Labute approximate surface area is 173 Å². The number of rotatable bonds is 4. The van der Waals surface area contributed by atoms with Crippen molar-refractivity contribution in [3.05, 3.63) is 11.1 Å².